The van der Waals surface area contributed by atoms with E-state index in [-0.39, 0.29) is 35.1 Å². The summed E-state index contributed by atoms with van der Waals surface area (Å²) < 4.78 is 18.4. The van der Waals surface area contributed by atoms with Crippen molar-refractivity contribution in [2.24, 2.45) is 0 Å². The fourth-order valence-corrected chi connectivity index (χ4v) is 6.96. The number of nitriles is 1. The Kier molecular flexibility index (Phi) is 6.95. The van der Waals surface area contributed by atoms with E-state index in [2.05, 4.69) is 11.2 Å². The molecule has 0 bridgehead atoms. The Morgan fingerprint density at radius 3 is 2.73 bits per heavy atom. The molecule has 2 atom stereocenters. The Hall–Kier alpha value is -3.58. The van der Waals surface area contributed by atoms with Gasteiger partial charge in [0.15, 0.2) is 5.82 Å². The topological polar surface area (TPSA) is 95.0 Å². The van der Waals surface area contributed by atoms with Gasteiger partial charge >= 0.3 is 6.09 Å². The molecule has 6 rings (SSSR count). The van der Waals surface area contributed by atoms with E-state index in [0.29, 0.717) is 44.7 Å². The monoisotopic (exact) mass is 593 g/mol. The van der Waals surface area contributed by atoms with Crippen LogP contribution in [-0.2, 0) is 0 Å². The number of amides is 1. The quantitative estimate of drug-likeness (QED) is 0.211. The van der Waals surface area contributed by atoms with Gasteiger partial charge in [-0.15, -0.1) is 11.8 Å². The summed E-state index contributed by atoms with van der Waals surface area (Å²) in [5.74, 6) is -0.553. The third-order valence-corrected chi connectivity index (χ3v) is 8.92. The minimum Gasteiger partial charge on any atom is -0.465 e. The van der Waals surface area contributed by atoms with Crippen molar-refractivity contribution in [3.63, 3.8) is 0 Å². The number of carboxylic acid groups (broad SMARTS) is 1. The zero-order valence-electron chi connectivity index (χ0n) is 21.2. The van der Waals surface area contributed by atoms with E-state index in [0.717, 1.165) is 10.8 Å². The molecule has 1 fully saturated rings. The van der Waals surface area contributed by atoms with Crippen molar-refractivity contribution < 1.29 is 14.3 Å². The maximum Gasteiger partial charge on any atom is 0.407 e. The molecule has 3 aromatic carbocycles. The molecule has 0 radical (unpaired) electrons. The van der Waals surface area contributed by atoms with E-state index < -0.39 is 18.0 Å². The highest BCUT2D eigenvalue weighted by atomic mass is 35.5. The summed E-state index contributed by atoms with van der Waals surface area (Å²) in [6, 6.07) is 14.3. The molecule has 1 aliphatic rings. The Morgan fingerprint density at radius 2 is 2.00 bits per heavy atom. The average Bonchev–Trinajstić information content (AvgIpc) is 3.39. The first-order valence-corrected chi connectivity index (χ1v) is 14.6. The van der Waals surface area contributed by atoms with Crippen LogP contribution in [0.25, 0.3) is 43.7 Å². The molecular weight excluding hydrogens is 572 g/mol. The van der Waals surface area contributed by atoms with Crippen LogP contribution in [0.4, 0.5) is 9.18 Å². The third-order valence-electron chi connectivity index (χ3n) is 7.61. The molecule has 202 valence electrons. The molecule has 2 aromatic heterocycles. The number of carbonyl (C=O) groups is 1. The van der Waals surface area contributed by atoms with Crippen molar-refractivity contribution >= 4 is 73.6 Å². The minimum absolute atomic E-state index is 0.0811. The molecule has 3 heterocycles. The summed E-state index contributed by atoms with van der Waals surface area (Å²) in [6.45, 7) is 0.271. The highest BCUT2D eigenvalue weighted by molar-refractivity contribution is 7.98. The first-order chi connectivity index (χ1) is 19.3. The normalized spacial score (nSPS) is 17.5. The summed E-state index contributed by atoms with van der Waals surface area (Å²) in [6.07, 6.45) is 3.54. The van der Waals surface area contributed by atoms with Crippen LogP contribution in [0.15, 0.2) is 53.7 Å². The van der Waals surface area contributed by atoms with Crippen LogP contribution in [-0.4, -0.2) is 49.7 Å². The largest absolute Gasteiger partial charge is 0.465 e. The molecule has 40 heavy (non-hydrogen) atoms. The zero-order chi connectivity index (χ0) is 28.1. The van der Waals surface area contributed by atoms with Crippen molar-refractivity contribution in [3.8, 4) is 17.2 Å². The number of hydrogen-bond donors (Lipinski definition) is 1. The van der Waals surface area contributed by atoms with Crippen LogP contribution in [0.3, 0.4) is 0 Å². The van der Waals surface area contributed by atoms with Gasteiger partial charge in [-0.25, -0.2) is 14.2 Å². The average molecular weight is 594 g/mol. The molecule has 0 saturated carbocycles. The maximum atomic E-state index is 16.6. The number of halogens is 3. The van der Waals surface area contributed by atoms with Crippen LogP contribution < -0.4 is 0 Å². The SMILES string of the molecule is CSc1nc2c(F)c(-c3cccc4cccc(Cl)c34)c(Cl)cc2c2c1cnn2[C@H]1CCN(C(=O)O)[C@H](CC#N)C1. The number of thioether (sulfide) groups is 1. The lowest BCUT2D eigenvalue weighted by Gasteiger charge is -2.37. The van der Waals surface area contributed by atoms with Crippen LogP contribution in [0, 0.1) is 17.1 Å². The Bertz CT molecular complexity index is 1870. The predicted molar refractivity (Wildman–Crippen MR) is 157 cm³/mol. The lowest BCUT2D eigenvalue weighted by atomic mass is 9.94. The number of nitrogens with zero attached hydrogens (tertiary/aromatic N) is 5. The van der Waals surface area contributed by atoms with Gasteiger partial charge in [0.05, 0.1) is 46.7 Å². The lowest BCUT2D eigenvalue weighted by molar-refractivity contribution is 0.0915. The van der Waals surface area contributed by atoms with Crippen molar-refractivity contribution in [2.75, 3.05) is 12.8 Å². The highest BCUT2D eigenvalue weighted by Gasteiger charge is 2.34. The van der Waals surface area contributed by atoms with Crippen molar-refractivity contribution in [1.29, 1.82) is 5.26 Å². The Morgan fingerprint density at radius 1 is 1.23 bits per heavy atom. The van der Waals surface area contributed by atoms with Gasteiger partial charge in [-0.05, 0) is 42.2 Å². The molecule has 1 amide bonds. The number of likely N-dealkylation sites (tertiary alicyclic amines) is 1. The number of piperidine rings is 1. The predicted octanol–water partition coefficient (Wildman–Crippen LogP) is 8.17. The van der Waals surface area contributed by atoms with E-state index in [1.54, 1.807) is 24.4 Å². The van der Waals surface area contributed by atoms with E-state index >= 15 is 4.39 Å². The second kappa shape index (κ2) is 10.4. The highest BCUT2D eigenvalue weighted by Crippen LogP contribution is 2.44. The van der Waals surface area contributed by atoms with Crippen molar-refractivity contribution in [1.82, 2.24) is 19.7 Å². The van der Waals surface area contributed by atoms with E-state index in [4.69, 9.17) is 28.2 Å². The van der Waals surface area contributed by atoms with Gasteiger partial charge in [-0.3, -0.25) is 4.68 Å². The Balaban J connectivity index is 1.58. The molecule has 0 spiro atoms. The van der Waals surface area contributed by atoms with E-state index in [1.807, 2.05) is 35.2 Å². The van der Waals surface area contributed by atoms with Gasteiger partial charge in [0.1, 0.15) is 10.5 Å². The van der Waals surface area contributed by atoms with Gasteiger partial charge < -0.3 is 10.0 Å². The van der Waals surface area contributed by atoms with Crippen LogP contribution in [0.1, 0.15) is 25.3 Å². The first-order valence-electron chi connectivity index (χ1n) is 12.6. The molecule has 1 saturated heterocycles. The van der Waals surface area contributed by atoms with Gasteiger partial charge in [0.25, 0.3) is 0 Å². The molecule has 1 N–H and O–H groups in total. The molecule has 1 aliphatic heterocycles. The number of aromatic nitrogens is 3. The minimum atomic E-state index is -1.04. The van der Waals surface area contributed by atoms with Gasteiger partial charge in [-0.1, -0.05) is 53.5 Å². The second-order valence-corrected chi connectivity index (χ2v) is 11.3. The number of pyridine rings is 1. The molecular formula is C29H22Cl2FN5O2S. The zero-order valence-corrected chi connectivity index (χ0v) is 23.6. The fourth-order valence-electron chi connectivity index (χ4n) is 5.83. The summed E-state index contributed by atoms with van der Waals surface area (Å²) in [7, 11) is 0. The first kappa shape index (κ1) is 26.6. The molecule has 7 nitrogen and oxygen atoms in total. The summed E-state index contributed by atoms with van der Waals surface area (Å²) >= 11 is 14.8. The van der Waals surface area contributed by atoms with Crippen molar-refractivity contribution in [2.45, 2.75) is 36.4 Å². The molecule has 11 heteroatoms. The number of hydrogen-bond acceptors (Lipinski definition) is 5. The molecule has 0 aliphatic carbocycles. The van der Waals surface area contributed by atoms with Gasteiger partial charge in [0.2, 0.25) is 0 Å². The van der Waals surface area contributed by atoms with Gasteiger partial charge in [0, 0.05) is 27.9 Å². The Labute approximate surface area is 243 Å². The summed E-state index contributed by atoms with van der Waals surface area (Å²) in [4.78, 5) is 17.8. The smallest absolute Gasteiger partial charge is 0.407 e. The van der Waals surface area contributed by atoms with Crippen LogP contribution in [0.5, 0.6) is 0 Å². The molecule has 5 aromatic rings. The lowest BCUT2D eigenvalue weighted by Crippen LogP contribution is -2.45. The second-order valence-electron chi connectivity index (χ2n) is 9.73. The summed E-state index contributed by atoms with van der Waals surface area (Å²) in [5.41, 5.74) is 1.65. The standard InChI is InChI=1S/C29H22Cl2FN5O2S/c1-40-28-20-14-34-37(17-9-11-36(29(38)39)16(12-17)8-10-33)27(20)19-13-22(31)24(25(32)26(19)35-28)18-6-2-4-15-5-3-7-21(30)23(15)18/h2-7,13-14,16-17H,8-9,11-12H2,1H3,(H,38,39)/t16-,17+/m1/s1. The number of benzene rings is 3. The van der Waals surface area contributed by atoms with Gasteiger partial charge in [-0.2, -0.15) is 10.4 Å². The van der Waals surface area contributed by atoms with E-state index in [9.17, 15) is 15.2 Å². The fraction of sp³-hybridized carbons (Fsp3) is 0.241. The van der Waals surface area contributed by atoms with Crippen molar-refractivity contribution in [3.05, 3.63) is 64.5 Å². The third kappa shape index (κ3) is 4.22. The molecule has 0 unspecified atom stereocenters. The number of fused-ring (bicyclic) bond motifs is 4. The van der Waals surface area contributed by atoms with E-state index in [1.165, 1.54) is 16.7 Å². The number of rotatable bonds is 4. The summed E-state index contributed by atoms with van der Waals surface area (Å²) in [5, 5.41) is 27.8. The van der Waals surface area contributed by atoms with Crippen LogP contribution >= 0.6 is 35.0 Å². The maximum absolute atomic E-state index is 16.6. The van der Waals surface area contributed by atoms with Crippen LogP contribution in [0.2, 0.25) is 10.0 Å².